The summed E-state index contributed by atoms with van der Waals surface area (Å²) in [5, 5.41) is 0.487. The summed E-state index contributed by atoms with van der Waals surface area (Å²) in [6.45, 7) is 4.30. The first-order chi connectivity index (χ1) is 9.77. The molecular formula is C14H20Cl2N2O2S. The van der Waals surface area contributed by atoms with E-state index in [1.807, 2.05) is 0 Å². The molecule has 3 unspecified atom stereocenters. The first kappa shape index (κ1) is 17.0. The maximum atomic E-state index is 12.6. The molecule has 0 aliphatic heterocycles. The zero-order valence-electron chi connectivity index (χ0n) is 12.1. The van der Waals surface area contributed by atoms with E-state index in [0.717, 1.165) is 12.8 Å². The van der Waals surface area contributed by atoms with Crippen LogP contribution in [-0.2, 0) is 16.6 Å². The third-order valence-electron chi connectivity index (χ3n) is 4.42. The van der Waals surface area contributed by atoms with Crippen molar-refractivity contribution in [3.05, 3.63) is 27.7 Å². The average molecular weight is 351 g/mol. The molecule has 0 amide bonds. The van der Waals surface area contributed by atoms with Crippen LogP contribution >= 0.6 is 23.2 Å². The van der Waals surface area contributed by atoms with Gasteiger partial charge in [-0.05, 0) is 36.8 Å². The molecule has 0 bridgehead atoms. The molecule has 118 valence electrons. The van der Waals surface area contributed by atoms with Crippen LogP contribution in [0.3, 0.4) is 0 Å². The normalized spacial score (nSPS) is 26.2. The van der Waals surface area contributed by atoms with Gasteiger partial charge in [0.15, 0.2) is 0 Å². The Morgan fingerprint density at radius 1 is 1.29 bits per heavy atom. The lowest BCUT2D eigenvalue weighted by atomic mass is 9.98. The second-order valence-electron chi connectivity index (χ2n) is 5.68. The number of benzene rings is 1. The first-order valence-corrected chi connectivity index (χ1v) is 9.21. The van der Waals surface area contributed by atoms with Crippen LogP contribution in [0.1, 0.15) is 32.3 Å². The first-order valence-electron chi connectivity index (χ1n) is 6.97. The molecule has 7 heteroatoms. The van der Waals surface area contributed by atoms with Crippen LogP contribution in [0.5, 0.6) is 0 Å². The number of sulfonamides is 1. The third kappa shape index (κ3) is 3.37. The highest BCUT2D eigenvalue weighted by Crippen LogP contribution is 2.34. The summed E-state index contributed by atoms with van der Waals surface area (Å²) in [5.41, 5.74) is 6.04. The zero-order chi connectivity index (χ0) is 15.8. The quantitative estimate of drug-likeness (QED) is 0.875. The number of hydrogen-bond donors (Lipinski definition) is 2. The standard InChI is InChI=1S/C14H20Cl2N2O2S/c1-8-3-5-12(9(8)2)18-21(19,20)13-6-4-11(15)10(7-17)14(13)16/h4,6,8-9,12,18H,3,5,7,17H2,1-2H3. The summed E-state index contributed by atoms with van der Waals surface area (Å²) >= 11 is 12.2. The monoisotopic (exact) mass is 350 g/mol. The van der Waals surface area contributed by atoms with Crippen molar-refractivity contribution in [2.24, 2.45) is 17.6 Å². The molecule has 0 aromatic heterocycles. The number of rotatable bonds is 4. The zero-order valence-corrected chi connectivity index (χ0v) is 14.4. The van der Waals surface area contributed by atoms with E-state index in [-0.39, 0.29) is 22.5 Å². The minimum atomic E-state index is -3.68. The summed E-state index contributed by atoms with van der Waals surface area (Å²) in [6.07, 6.45) is 1.87. The van der Waals surface area contributed by atoms with Gasteiger partial charge in [0, 0.05) is 23.2 Å². The van der Waals surface area contributed by atoms with Gasteiger partial charge in [-0.15, -0.1) is 0 Å². The fourth-order valence-corrected chi connectivity index (χ4v) is 5.06. The molecule has 0 saturated heterocycles. The molecule has 4 nitrogen and oxygen atoms in total. The van der Waals surface area contributed by atoms with Crippen molar-refractivity contribution in [1.29, 1.82) is 0 Å². The minimum absolute atomic E-state index is 0.0424. The van der Waals surface area contributed by atoms with E-state index in [2.05, 4.69) is 18.6 Å². The molecule has 0 spiro atoms. The Morgan fingerprint density at radius 2 is 1.95 bits per heavy atom. The van der Waals surface area contributed by atoms with Crippen molar-refractivity contribution in [3.8, 4) is 0 Å². The molecule has 1 fully saturated rings. The third-order valence-corrected chi connectivity index (χ3v) is 6.85. The molecule has 3 atom stereocenters. The van der Waals surface area contributed by atoms with Crippen LogP contribution in [0, 0.1) is 11.8 Å². The smallest absolute Gasteiger partial charge is 0.242 e. The second kappa shape index (κ2) is 6.42. The van der Waals surface area contributed by atoms with Crippen molar-refractivity contribution in [2.45, 2.75) is 44.2 Å². The molecule has 2 rings (SSSR count). The highest BCUT2D eigenvalue weighted by molar-refractivity contribution is 7.89. The molecule has 1 aliphatic carbocycles. The van der Waals surface area contributed by atoms with Gasteiger partial charge in [-0.1, -0.05) is 37.0 Å². The van der Waals surface area contributed by atoms with Gasteiger partial charge in [0.2, 0.25) is 10.0 Å². The van der Waals surface area contributed by atoms with Crippen LogP contribution in [0.2, 0.25) is 10.0 Å². The molecule has 1 aromatic carbocycles. The van der Waals surface area contributed by atoms with Gasteiger partial charge in [0.05, 0.1) is 5.02 Å². The molecular weight excluding hydrogens is 331 g/mol. The summed E-state index contributed by atoms with van der Waals surface area (Å²) < 4.78 is 27.9. The second-order valence-corrected chi connectivity index (χ2v) is 8.15. The van der Waals surface area contributed by atoms with Gasteiger partial charge in [-0.25, -0.2) is 13.1 Å². The van der Waals surface area contributed by atoms with E-state index < -0.39 is 10.0 Å². The summed E-state index contributed by atoms with van der Waals surface area (Å²) in [6, 6.07) is 2.89. The lowest BCUT2D eigenvalue weighted by Crippen LogP contribution is -2.37. The summed E-state index contributed by atoms with van der Waals surface area (Å²) in [7, 11) is -3.68. The number of nitrogens with two attached hydrogens (primary N) is 1. The largest absolute Gasteiger partial charge is 0.326 e. The number of halogens is 2. The van der Waals surface area contributed by atoms with Gasteiger partial charge < -0.3 is 5.73 Å². The predicted octanol–water partition coefficient (Wildman–Crippen LogP) is 3.17. The van der Waals surface area contributed by atoms with Crippen molar-refractivity contribution >= 4 is 33.2 Å². The average Bonchev–Trinajstić information content (AvgIpc) is 2.70. The van der Waals surface area contributed by atoms with Crippen molar-refractivity contribution < 1.29 is 8.42 Å². The molecule has 0 heterocycles. The van der Waals surface area contributed by atoms with Gasteiger partial charge in [-0.3, -0.25) is 0 Å². The van der Waals surface area contributed by atoms with Crippen LogP contribution in [0.4, 0.5) is 0 Å². The Labute approximate surface area is 136 Å². The van der Waals surface area contributed by atoms with E-state index in [9.17, 15) is 8.42 Å². The van der Waals surface area contributed by atoms with Crippen molar-refractivity contribution in [1.82, 2.24) is 4.72 Å². The van der Waals surface area contributed by atoms with Crippen molar-refractivity contribution in [3.63, 3.8) is 0 Å². The fraction of sp³-hybridized carbons (Fsp3) is 0.571. The predicted molar refractivity (Wildman–Crippen MR) is 86.0 cm³/mol. The van der Waals surface area contributed by atoms with E-state index >= 15 is 0 Å². The molecule has 1 saturated carbocycles. The van der Waals surface area contributed by atoms with Crippen molar-refractivity contribution in [2.75, 3.05) is 0 Å². The Kier molecular flexibility index (Phi) is 5.21. The van der Waals surface area contributed by atoms with Gasteiger partial charge in [0.25, 0.3) is 0 Å². The highest BCUT2D eigenvalue weighted by Gasteiger charge is 2.34. The molecule has 1 aliphatic rings. The Balaban J connectivity index is 2.32. The highest BCUT2D eigenvalue weighted by atomic mass is 35.5. The summed E-state index contributed by atoms with van der Waals surface area (Å²) in [5.74, 6) is 0.817. The van der Waals surface area contributed by atoms with E-state index in [1.165, 1.54) is 12.1 Å². The number of hydrogen-bond acceptors (Lipinski definition) is 3. The Bertz CT molecular complexity index is 634. The van der Waals surface area contributed by atoms with Gasteiger partial charge >= 0.3 is 0 Å². The number of nitrogens with one attached hydrogen (secondary N) is 1. The SMILES string of the molecule is CC1CCC(NS(=O)(=O)c2ccc(Cl)c(CN)c2Cl)C1C. The molecule has 0 radical (unpaired) electrons. The lowest BCUT2D eigenvalue weighted by molar-refractivity contribution is 0.402. The van der Waals surface area contributed by atoms with Gasteiger partial charge in [-0.2, -0.15) is 0 Å². The van der Waals surface area contributed by atoms with E-state index in [4.69, 9.17) is 28.9 Å². The molecule has 1 aromatic rings. The van der Waals surface area contributed by atoms with Gasteiger partial charge in [0.1, 0.15) is 4.90 Å². The van der Waals surface area contributed by atoms with E-state index in [0.29, 0.717) is 22.4 Å². The Morgan fingerprint density at radius 3 is 2.48 bits per heavy atom. The maximum absolute atomic E-state index is 12.6. The van der Waals surface area contributed by atoms with Crippen LogP contribution in [-0.4, -0.2) is 14.5 Å². The topological polar surface area (TPSA) is 72.2 Å². The summed E-state index contributed by atoms with van der Waals surface area (Å²) in [4.78, 5) is 0.0424. The molecule has 21 heavy (non-hydrogen) atoms. The minimum Gasteiger partial charge on any atom is -0.326 e. The fourth-order valence-electron chi connectivity index (χ4n) is 2.76. The Hall–Kier alpha value is -0.330. The lowest BCUT2D eigenvalue weighted by Gasteiger charge is -2.20. The van der Waals surface area contributed by atoms with Crippen LogP contribution in [0.15, 0.2) is 17.0 Å². The van der Waals surface area contributed by atoms with Crippen LogP contribution < -0.4 is 10.5 Å². The van der Waals surface area contributed by atoms with Crippen LogP contribution in [0.25, 0.3) is 0 Å². The molecule has 3 N–H and O–H groups in total. The maximum Gasteiger partial charge on any atom is 0.242 e. The van der Waals surface area contributed by atoms with E-state index in [1.54, 1.807) is 0 Å².